The highest BCUT2D eigenvalue weighted by Crippen LogP contribution is 2.34. The number of carboxylic acids is 1. The fourth-order valence-electron chi connectivity index (χ4n) is 3.79. The summed E-state index contributed by atoms with van der Waals surface area (Å²) in [7, 11) is 1.99. The summed E-state index contributed by atoms with van der Waals surface area (Å²) in [5, 5.41) is 7.12. The van der Waals surface area contributed by atoms with Crippen LogP contribution in [0.5, 0.6) is 0 Å². The average molecular weight is 455 g/mol. The van der Waals surface area contributed by atoms with Crippen molar-refractivity contribution in [3.8, 4) is 0 Å². The van der Waals surface area contributed by atoms with Crippen LogP contribution in [0.25, 0.3) is 0 Å². The molecule has 2 aromatic rings. The van der Waals surface area contributed by atoms with Crippen LogP contribution in [0.4, 0.5) is 29.1 Å². The van der Waals surface area contributed by atoms with Crippen LogP contribution < -0.4 is 9.80 Å². The lowest BCUT2D eigenvalue weighted by molar-refractivity contribution is -0.192. The SMILES string of the molecule is CN1CC(=O)N(c2cccc(F)c2)CC12CCN(c1cnccn1)C2.O=C(O)C(F)(F)F. The van der Waals surface area contributed by atoms with Crippen LogP contribution in [0, 0.1) is 5.82 Å². The van der Waals surface area contributed by atoms with Crippen molar-refractivity contribution in [2.45, 2.75) is 18.1 Å². The van der Waals surface area contributed by atoms with E-state index in [0.29, 0.717) is 18.8 Å². The second-order valence-electron chi connectivity index (χ2n) is 7.58. The van der Waals surface area contributed by atoms with Gasteiger partial charge in [-0.1, -0.05) is 6.07 Å². The van der Waals surface area contributed by atoms with Crippen LogP contribution in [0.3, 0.4) is 0 Å². The summed E-state index contributed by atoms with van der Waals surface area (Å²) < 4.78 is 45.3. The van der Waals surface area contributed by atoms with Gasteiger partial charge in [-0.15, -0.1) is 0 Å². The minimum atomic E-state index is -5.08. The van der Waals surface area contributed by atoms with Gasteiger partial charge in [-0.25, -0.2) is 14.2 Å². The molecule has 4 rings (SSSR count). The molecule has 1 amide bonds. The molecule has 2 aliphatic heterocycles. The first-order valence-electron chi connectivity index (χ1n) is 9.60. The van der Waals surface area contributed by atoms with Gasteiger partial charge in [0.2, 0.25) is 5.91 Å². The Balaban J connectivity index is 0.000000360. The van der Waals surface area contributed by atoms with E-state index in [1.807, 2.05) is 7.05 Å². The second kappa shape index (κ2) is 9.07. The zero-order chi connectivity index (χ0) is 23.5. The Morgan fingerprint density at radius 2 is 1.94 bits per heavy atom. The van der Waals surface area contributed by atoms with E-state index >= 15 is 0 Å². The monoisotopic (exact) mass is 455 g/mol. The number of anilines is 2. The van der Waals surface area contributed by atoms with Gasteiger partial charge in [-0.2, -0.15) is 13.2 Å². The summed E-state index contributed by atoms with van der Waals surface area (Å²) >= 11 is 0. The van der Waals surface area contributed by atoms with Crippen molar-refractivity contribution in [3.05, 3.63) is 48.7 Å². The Bertz CT molecular complexity index is 975. The maximum atomic E-state index is 13.6. The second-order valence-corrected chi connectivity index (χ2v) is 7.58. The van der Waals surface area contributed by atoms with Crippen molar-refractivity contribution < 1.29 is 32.3 Å². The molecule has 172 valence electrons. The summed E-state index contributed by atoms with van der Waals surface area (Å²) in [5.41, 5.74) is 0.452. The highest BCUT2D eigenvalue weighted by Gasteiger charge is 2.48. The van der Waals surface area contributed by atoms with Gasteiger partial charge < -0.3 is 14.9 Å². The largest absolute Gasteiger partial charge is 0.490 e. The molecular formula is C20H21F4N5O3. The van der Waals surface area contributed by atoms with Crippen LogP contribution in [-0.4, -0.2) is 76.8 Å². The Morgan fingerprint density at radius 1 is 1.22 bits per heavy atom. The third-order valence-electron chi connectivity index (χ3n) is 5.50. The Hall–Kier alpha value is -3.28. The van der Waals surface area contributed by atoms with E-state index in [1.54, 1.807) is 35.6 Å². The molecule has 8 nitrogen and oxygen atoms in total. The number of alkyl halides is 3. The molecule has 12 heteroatoms. The predicted molar refractivity (Wildman–Crippen MR) is 107 cm³/mol. The number of amides is 1. The normalized spacial score (nSPS) is 21.5. The molecule has 2 aliphatic rings. The molecule has 0 radical (unpaired) electrons. The van der Waals surface area contributed by atoms with Crippen LogP contribution >= 0.6 is 0 Å². The summed E-state index contributed by atoms with van der Waals surface area (Å²) in [5.74, 6) is -2.24. The molecule has 0 bridgehead atoms. The molecule has 0 saturated carbocycles. The maximum Gasteiger partial charge on any atom is 0.490 e. The van der Waals surface area contributed by atoms with Crippen molar-refractivity contribution in [3.63, 3.8) is 0 Å². The predicted octanol–water partition coefficient (Wildman–Crippen LogP) is 2.18. The number of aromatic nitrogens is 2. The van der Waals surface area contributed by atoms with E-state index in [4.69, 9.17) is 9.90 Å². The highest BCUT2D eigenvalue weighted by molar-refractivity contribution is 5.96. The first-order chi connectivity index (χ1) is 15.0. The zero-order valence-corrected chi connectivity index (χ0v) is 17.1. The quantitative estimate of drug-likeness (QED) is 0.695. The Kier molecular flexibility index (Phi) is 6.63. The van der Waals surface area contributed by atoms with Crippen LogP contribution in [-0.2, 0) is 9.59 Å². The maximum absolute atomic E-state index is 13.6. The molecule has 1 N–H and O–H groups in total. The molecule has 1 unspecified atom stereocenters. The summed E-state index contributed by atoms with van der Waals surface area (Å²) in [4.78, 5) is 36.0. The van der Waals surface area contributed by atoms with Gasteiger partial charge in [-0.05, 0) is 31.7 Å². The van der Waals surface area contributed by atoms with E-state index in [2.05, 4.69) is 19.8 Å². The van der Waals surface area contributed by atoms with Gasteiger partial charge in [-0.3, -0.25) is 14.7 Å². The molecule has 32 heavy (non-hydrogen) atoms. The van der Waals surface area contributed by atoms with E-state index in [9.17, 15) is 22.4 Å². The number of nitrogens with zero attached hydrogens (tertiary/aromatic N) is 5. The molecule has 1 aromatic carbocycles. The molecule has 1 spiro atoms. The number of hydrogen-bond donors (Lipinski definition) is 1. The summed E-state index contributed by atoms with van der Waals surface area (Å²) in [6.45, 7) is 2.49. The van der Waals surface area contributed by atoms with Crippen molar-refractivity contribution in [1.82, 2.24) is 14.9 Å². The minimum absolute atomic E-state index is 0.00308. The van der Waals surface area contributed by atoms with Gasteiger partial charge in [0, 0.05) is 37.7 Å². The van der Waals surface area contributed by atoms with Gasteiger partial charge >= 0.3 is 12.1 Å². The molecule has 2 saturated heterocycles. The van der Waals surface area contributed by atoms with E-state index in [1.165, 1.54) is 12.1 Å². The first kappa shape index (κ1) is 23.4. The standard InChI is InChI=1S/C18H20FN5O.C2HF3O2/c1-22-11-17(25)24(15-4-2-3-14(19)9-15)13-18(22)5-8-23(12-18)16-10-20-6-7-21-16;3-2(4,5)1(6)7/h2-4,6-7,9-10H,5,8,11-13H2,1H3;(H,6,7). The van der Waals surface area contributed by atoms with Gasteiger partial charge in [0.15, 0.2) is 0 Å². The number of carbonyl (C=O) groups is 2. The smallest absolute Gasteiger partial charge is 0.475 e. The minimum Gasteiger partial charge on any atom is -0.475 e. The van der Waals surface area contributed by atoms with E-state index < -0.39 is 12.1 Å². The fourth-order valence-corrected chi connectivity index (χ4v) is 3.79. The third-order valence-corrected chi connectivity index (χ3v) is 5.50. The third kappa shape index (κ3) is 5.13. The molecule has 0 aliphatic carbocycles. The number of rotatable bonds is 2. The van der Waals surface area contributed by atoms with Gasteiger partial charge in [0.05, 0.1) is 18.3 Å². The number of halogens is 4. The number of carboxylic acid groups (broad SMARTS) is 1. The first-order valence-corrected chi connectivity index (χ1v) is 9.60. The Morgan fingerprint density at radius 3 is 2.53 bits per heavy atom. The highest BCUT2D eigenvalue weighted by atomic mass is 19.4. The van der Waals surface area contributed by atoms with Crippen LogP contribution in [0.15, 0.2) is 42.9 Å². The molecule has 1 atom stereocenters. The molecule has 1 aromatic heterocycles. The number of carbonyl (C=O) groups excluding carboxylic acids is 1. The van der Waals surface area contributed by atoms with Crippen molar-refractivity contribution >= 4 is 23.4 Å². The summed E-state index contributed by atoms with van der Waals surface area (Å²) in [6, 6.07) is 6.25. The van der Waals surface area contributed by atoms with E-state index in [0.717, 1.165) is 25.3 Å². The number of hydrogen-bond acceptors (Lipinski definition) is 6. The fraction of sp³-hybridized carbons (Fsp3) is 0.400. The lowest BCUT2D eigenvalue weighted by atomic mass is 9.92. The lowest BCUT2D eigenvalue weighted by Crippen LogP contribution is -2.64. The lowest BCUT2D eigenvalue weighted by Gasteiger charge is -2.46. The number of likely N-dealkylation sites (N-methyl/N-ethyl adjacent to an activating group) is 1. The van der Waals surface area contributed by atoms with E-state index in [-0.39, 0.29) is 17.3 Å². The van der Waals surface area contributed by atoms with Gasteiger partial charge in [0.25, 0.3) is 0 Å². The topological polar surface area (TPSA) is 89.9 Å². The van der Waals surface area contributed by atoms with Crippen LogP contribution in [0.1, 0.15) is 6.42 Å². The van der Waals surface area contributed by atoms with Crippen LogP contribution in [0.2, 0.25) is 0 Å². The molecular weight excluding hydrogens is 434 g/mol. The number of aliphatic carboxylic acids is 1. The number of piperazine rings is 1. The van der Waals surface area contributed by atoms with Crippen molar-refractivity contribution in [1.29, 1.82) is 0 Å². The number of benzene rings is 1. The average Bonchev–Trinajstić information content (AvgIpc) is 3.17. The van der Waals surface area contributed by atoms with Crippen molar-refractivity contribution in [2.24, 2.45) is 0 Å². The molecule has 2 fully saturated rings. The van der Waals surface area contributed by atoms with Gasteiger partial charge in [0.1, 0.15) is 11.6 Å². The Labute approximate surface area is 181 Å². The zero-order valence-electron chi connectivity index (χ0n) is 17.1. The van der Waals surface area contributed by atoms with Crippen molar-refractivity contribution in [2.75, 3.05) is 43.0 Å². The molecule has 3 heterocycles. The summed E-state index contributed by atoms with van der Waals surface area (Å²) in [6.07, 6.45) is 0.941.